The van der Waals surface area contributed by atoms with Gasteiger partial charge < -0.3 is 4.67 Å². The maximum absolute atomic E-state index is 6.76. The monoisotopic (exact) mass is 432 g/mol. The lowest BCUT2D eigenvalue weighted by molar-refractivity contribution is 1.28. The van der Waals surface area contributed by atoms with E-state index in [2.05, 4.69) is 95.7 Å². The fraction of sp³-hybridized carbons (Fsp3) is 0. The topological polar surface area (TPSA) is 16.1 Å². The molecule has 1 aromatic heterocycles. The van der Waals surface area contributed by atoms with Gasteiger partial charge in [0.2, 0.25) is 0 Å². The van der Waals surface area contributed by atoms with Gasteiger partial charge in [-0.2, -0.15) is 0 Å². The molecule has 1 unspecified atom stereocenters. The van der Waals surface area contributed by atoms with Crippen LogP contribution in [0.3, 0.4) is 0 Å². The van der Waals surface area contributed by atoms with Crippen LogP contribution >= 0.6 is 6.19 Å². The minimum atomic E-state index is -2.34. The molecular formula is C27H17N2PS. The van der Waals surface area contributed by atoms with Gasteiger partial charge in [0.05, 0.1) is 23.3 Å². The average molecular weight is 432 g/mol. The van der Waals surface area contributed by atoms with E-state index in [1.165, 1.54) is 38.2 Å². The van der Waals surface area contributed by atoms with E-state index in [4.69, 9.17) is 16.8 Å². The van der Waals surface area contributed by atoms with Crippen molar-refractivity contribution in [1.29, 1.82) is 0 Å². The van der Waals surface area contributed by atoms with E-state index < -0.39 is 6.19 Å². The molecule has 0 bridgehead atoms. The molecule has 2 nitrogen and oxygen atoms in total. The first kappa shape index (κ1) is 17.4. The van der Waals surface area contributed by atoms with Crippen molar-refractivity contribution in [2.75, 3.05) is 4.67 Å². The van der Waals surface area contributed by atoms with Gasteiger partial charge >= 0.3 is 0 Å². The Hall–Kier alpha value is -3.26. The zero-order valence-electron chi connectivity index (χ0n) is 16.6. The van der Waals surface area contributed by atoms with Crippen molar-refractivity contribution in [2.45, 2.75) is 0 Å². The number of hydrogen-bond donors (Lipinski definition) is 0. The van der Waals surface area contributed by atoms with Crippen molar-refractivity contribution in [3.05, 3.63) is 103 Å². The van der Waals surface area contributed by atoms with Gasteiger partial charge in [0.25, 0.3) is 0 Å². The SMILES string of the molecule is S=P12c3ccccc3-c3ccc4ccccc4c3N1c1cccnc1-c1ccccc12. The molecule has 0 aliphatic carbocycles. The standard InChI is InChI=1S/C27H17N2PS/c31-30-24-13-5-3-10-20(24)21-16-15-18-8-1-2-9-19(18)27(21)29(30)23-12-7-17-28-26(23)22-11-4-6-14-25(22)30/h1-17H. The van der Waals surface area contributed by atoms with E-state index in [-0.39, 0.29) is 0 Å². The molecule has 0 amide bonds. The molecule has 0 saturated heterocycles. The second-order valence-electron chi connectivity index (χ2n) is 7.98. The Morgan fingerprint density at radius 2 is 1.35 bits per heavy atom. The Kier molecular flexibility index (Phi) is 3.45. The number of hydrogen-bond acceptors (Lipinski definition) is 2. The van der Waals surface area contributed by atoms with Gasteiger partial charge in [-0.05, 0) is 23.1 Å². The summed E-state index contributed by atoms with van der Waals surface area (Å²) in [6.45, 7) is 0. The fourth-order valence-electron chi connectivity index (χ4n) is 5.14. The molecule has 0 spiro atoms. The van der Waals surface area contributed by atoms with Gasteiger partial charge in [-0.25, -0.2) is 0 Å². The molecule has 2 aliphatic heterocycles. The Balaban J connectivity index is 1.74. The summed E-state index contributed by atoms with van der Waals surface area (Å²) in [5.74, 6) is 0. The summed E-state index contributed by atoms with van der Waals surface area (Å²) >= 11 is 6.76. The quantitative estimate of drug-likeness (QED) is 0.264. The van der Waals surface area contributed by atoms with Crippen LogP contribution in [0.2, 0.25) is 0 Å². The third-order valence-corrected chi connectivity index (χ3v) is 11.2. The number of anilines is 2. The highest BCUT2D eigenvalue weighted by Crippen LogP contribution is 2.66. The van der Waals surface area contributed by atoms with Crippen molar-refractivity contribution in [1.82, 2.24) is 4.98 Å². The lowest BCUT2D eigenvalue weighted by atomic mass is 9.97. The number of aromatic nitrogens is 1. The first-order chi connectivity index (χ1) is 15.3. The molecular weight excluding hydrogens is 415 g/mol. The van der Waals surface area contributed by atoms with Gasteiger partial charge in [-0.3, -0.25) is 4.98 Å². The smallest absolute Gasteiger partial charge is 0.0986 e. The number of benzene rings is 4. The van der Waals surface area contributed by atoms with E-state index in [9.17, 15) is 0 Å². The predicted octanol–water partition coefficient (Wildman–Crippen LogP) is 6.38. The average Bonchev–Trinajstić information content (AvgIpc) is 2.84. The van der Waals surface area contributed by atoms with Crippen LogP contribution in [0.1, 0.15) is 0 Å². The van der Waals surface area contributed by atoms with Crippen molar-refractivity contribution in [3.63, 3.8) is 0 Å². The molecule has 5 aromatic rings. The minimum absolute atomic E-state index is 1.01. The summed E-state index contributed by atoms with van der Waals surface area (Å²) in [4.78, 5) is 4.82. The van der Waals surface area contributed by atoms with E-state index >= 15 is 0 Å². The normalized spacial score (nSPS) is 17.9. The second-order valence-corrected chi connectivity index (χ2v) is 12.1. The third kappa shape index (κ3) is 2.13. The van der Waals surface area contributed by atoms with Crippen LogP contribution in [0.5, 0.6) is 0 Å². The van der Waals surface area contributed by atoms with Crippen LogP contribution in [-0.4, -0.2) is 4.98 Å². The highest BCUT2D eigenvalue weighted by Gasteiger charge is 2.44. The Labute approximate surface area is 185 Å². The molecule has 4 aromatic carbocycles. The van der Waals surface area contributed by atoms with Crippen molar-refractivity contribution >= 4 is 50.8 Å². The minimum Gasteiger partial charge on any atom is -0.302 e. The summed E-state index contributed by atoms with van der Waals surface area (Å²) in [7, 11) is 0. The van der Waals surface area contributed by atoms with Crippen molar-refractivity contribution < 1.29 is 0 Å². The molecule has 0 N–H and O–H groups in total. The lowest BCUT2D eigenvalue weighted by Gasteiger charge is -2.47. The first-order valence-electron chi connectivity index (χ1n) is 10.4. The van der Waals surface area contributed by atoms with Gasteiger partial charge in [0.15, 0.2) is 0 Å². The summed E-state index contributed by atoms with van der Waals surface area (Å²) in [5, 5.41) is 4.95. The first-order valence-corrected chi connectivity index (χ1v) is 13.1. The molecule has 7 rings (SSSR count). The van der Waals surface area contributed by atoms with Crippen molar-refractivity contribution in [3.8, 4) is 22.4 Å². The Bertz CT molecular complexity index is 1590. The molecule has 4 heteroatoms. The summed E-state index contributed by atoms with van der Waals surface area (Å²) in [6, 6.07) is 34.6. The number of fused-ring (bicyclic) bond motifs is 13. The zero-order valence-corrected chi connectivity index (χ0v) is 18.3. The molecule has 0 saturated carbocycles. The van der Waals surface area contributed by atoms with Crippen LogP contribution < -0.4 is 15.3 Å². The van der Waals surface area contributed by atoms with Crippen LogP contribution in [0.4, 0.5) is 11.4 Å². The van der Waals surface area contributed by atoms with Gasteiger partial charge in [-0.1, -0.05) is 96.7 Å². The molecule has 2 aliphatic rings. The molecule has 3 heterocycles. The highest BCUT2D eigenvalue weighted by atomic mass is 32.4. The van der Waals surface area contributed by atoms with Gasteiger partial charge in [0.1, 0.15) is 0 Å². The highest BCUT2D eigenvalue weighted by molar-refractivity contribution is 8.23. The van der Waals surface area contributed by atoms with Crippen LogP contribution in [0.25, 0.3) is 33.2 Å². The Morgan fingerprint density at radius 1 is 0.645 bits per heavy atom. The lowest BCUT2D eigenvalue weighted by Crippen LogP contribution is -2.37. The Morgan fingerprint density at radius 3 is 2.23 bits per heavy atom. The van der Waals surface area contributed by atoms with Gasteiger partial charge in [-0.15, -0.1) is 0 Å². The van der Waals surface area contributed by atoms with Crippen molar-refractivity contribution in [2.24, 2.45) is 0 Å². The largest absolute Gasteiger partial charge is 0.302 e. The van der Waals surface area contributed by atoms with E-state index in [0.717, 1.165) is 16.9 Å². The predicted molar refractivity (Wildman–Crippen MR) is 135 cm³/mol. The number of pyridine rings is 1. The maximum atomic E-state index is 6.76. The zero-order chi connectivity index (χ0) is 20.6. The third-order valence-electron chi connectivity index (χ3n) is 6.42. The molecule has 1 atom stereocenters. The molecule has 0 fully saturated rings. The summed E-state index contributed by atoms with van der Waals surface area (Å²) in [6.07, 6.45) is -0.459. The van der Waals surface area contributed by atoms with Crippen LogP contribution in [0.15, 0.2) is 103 Å². The summed E-state index contributed by atoms with van der Waals surface area (Å²) < 4.78 is 2.47. The number of rotatable bonds is 0. The molecule has 31 heavy (non-hydrogen) atoms. The van der Waals surface area contributed by atoms with Gasteiger partial charge in [0, 0.05) is 33.3 Å². The van der Waals surface area contributed by atoms with Crippen LogP contribution in [0, 0.1) is 0 Å². The second kappa shape index (κ2) is 6.13. The van der Waals surface area contributed by atoms with Crippen LogP contribution in [-0.2, 0) is 11.8 Å². The molecule has 146 valence electrons. The molecule has 0 radical (unpaired) electrons. The maximum Gasteiger partial charge on any atom is 0.0986 e. The fourth-order valence-corrected chi connectivity index (χ4v) is 9.86. The van der Waals surface area contributed by atoms with E-state index in [1.54, 1.807) is 0 Å². The van der Waals surface area contributed by atoms with E-state index in [1.807, 2.05) is 12.3 Å². The number of nitrogens with zero attached hydrogens (tertiary/aromatic N) is 2. The van der Waals surface area contributed by atoms with E-state index in [0.29, 0.717) is 0 Å². The summed E-state index contributed by atoms with van der Waals surface area (Å²) in [5.41, 5.74) is 6.99.